The molecule has 2 N–H and O–H groups in total. The Hall–Kier alpha value is -2.20. The van der Waals surface area contributed by atoms with Crippen molar-refractivity contribution < 1.29 is 17.6 Å². The van der Waals surface area contributed by atoms with Gasteiger partial charge in [-0.25, -0.2) is 17.8 Å². The molecular formula is C17H12Cl2FN3O3S2. The molecule has 1 amide bonds. The van der Waals surface area contributed by atoms with Crippen molar-refractivity contribution >= 4 is 61.3 Å². The van der Waals surface area contributed by atoms with Crippen molar-refractivity contribution in [1.82, 2.24) is 4.98 Å². The van der Waals surface area contributed by atoms with E-state index in [1.165, 1.54) is 6.07 Å². The van der Waals surface area contributed by atoms with Crippen molar-refractivity contribution in [1.29, 1.82) is 0 Å². The van der Waals surface area contributed by atoms with Crippen LogP contribution in [-0.4, -0.2) is 19.3 Å². The van der Waals surface area contributed by atoms with E-state index in [4.69, 9.17) is 23.2 Å². The summed E-state index contributed by atoms with van der Waals surface area (Å²) in [6, 6.07) is 8.97. The lowest BCUT2D eigenvalue weighted by atomic mass is 10.3. The molecule has 0 unspecified atom stereocenters. The van der Waals surface area contributed by atoms with Gasteiger partial charge < -0.3 is 5.32 Å². The topological polar surface area (TPSA) is 88.2 Å². The predicted molar refractivity (Wildman–Crippen MR) is 108 cm³/mol. The minimum Gasteiger partial charge on any atom is -0.321 e. The fraction of sp³-hybridized carbons (Fsp3) is 0.0588. The number of benzene rings is 2. The highest BCUT2D eigenvalue weighted by Crippen LogP contribution is 2.28. The van der Waals surface area contributed by atoms with Gasteiger partial charge in [-0.15, -0.1) is 0 Å². The quantitative estimate of drug-likeness (QED) is 0.564. The minimum absolute atomic E-state index is 0.0149. The van der Waals surface area contributed by atoms with Crippen LogP contribution in [0.3, 0.4) is 0 Å². The molecule has 0 aliphatic rings. The zero-order chi connectivity index (χ0) is 20.5. The standard InChI is InChI=1S/C17H12Cl2FN3O3S2/c1-9-15(16(24)22-11-4-7-13(18)14(19)8-11)27-17(21-9)23-28(25,26)12-5-2-10(20)3-6-12/h2-8H,1H3,(H,21,23)(H,22,24). The number of carbonyl (C=O) groups excluding carboxylic acids is 1. The molecule has 3 aromatic rings. The average Bonchev–Trinajstić information content (AvgIpc) is 2.98. The molecule has 0 bridgehead atoms. The largest absolute Gasteiger partial charge is 0.321 e. The van der Waals surface area contributed by atoms with Crippen LogP contribution in [0.1, 0.15) is 15.4 Å². The lowest BCUT2D eigenvalue weighted by Crippen LogP contribution is -2.12. The first kappa shape index (κ1) is 20.5. The summed E-state index contributed by atoms with van der Waals surface area (Å²) in [5, 5.41) is 3.30. The molecule has 6 nitrogen and oxygen atoms in total. The van der Waals surface area contributed by atoms with E-state index in [9.17, 15) is 17.6 Å². The molecule has 3 rings (SSSR count). The Morgan fingerprint density at radius 2 is 1.79 bits per heavy atom. The van der Waals surface area contributed by atoms with E-state index < -0.39 is 21.7 Å². The van der Waals surface area contributed by atoms with Crippen LogP contribution in [0.25, 0.3) is 0 Å². The smallest absolute Gasteiger partial charge is 0.267 e. The SMILES string of the molecule is Cc1nc(NS(=O)(=O)c2ccc(F)cc2)sc1C(=O)Nc1ccc(Cl)c(Cl)c1. The highest BCUT2D eigenvalue weighted by Gasteiger charge is 2.20. The van der Waals surface area contributed by atoms with Crippen LogP contribution in [0.2, 0.25) is 10.0 Å². The number of rotatable bonds is 5. The summed E-state index contributed by atoms with van der Waals surface area (Å²) < 4.78 is 40.0. The van der Waals surface area contributed by atoms with Gasteiger partial charge >= 0.3 is 0 Å². The fourth-order valence-corrected chi connectivity index (χ4v) is 4.59. The first-order valence-electron chi connectivity index (χ1n) is 7.68. The highest BCUT2D eigenvalue weighted by atomic mass is 35.5. The molecule has 1 heterocycles. The summed E-state index contributed by atoms with van der Waals surface area (Å²) in [5.41, 5.74) is 0.778. The Morgan fingerprint density at radius 1 is 1.11 bits per heavy atom. The Kier molecular flexibility index (Phi) is 5.90. The van der Waals surface area contributed by atoms with E-state index in [2.05, 4.69) is 15.0 Å². The molecule has 28 heavy (non-hydrogen) atoms. The number of thiazole rings is 1. The van der Waals surface area contributed by atoms with Crippen molar-refractivity contribution in [2.75, 3.05) is 10.0 Å². The van der Waals surface area contributed by atoms with E-state index in [0.29, 0.717) is 16.4 Å². The fourth-order valence-electron chi connectivity index (χ4n) is 2.20. The normalized spacial score (nSPS) is 11.3. The van der Waals surface area contributed by atoms with Crippen LogP contribution in [0.5, 0.6) is 0 Å². The zero-order valence-corrected chi connectivity index (χ0v) is 17.3. The van der Waals surface area contributed by atoms with Gasteiger partial charge in [-0.3, -0.25) is 9.52 Å². The summed E-state index contributed by atoms with van der Waals surface area (Å²) >= 11 is 12.6. The van der Waals surface area contributed by atoms with Crippen molar-refractivity contribution in [2.24, 2.45) is 0 Å². The van der Waals surface area contributed by atoms with Crippen molar-refractivity contribution in [3.05, 3.63) is 68.9 Å². The van der Waals surface area contributed by atoms with Crippen molar-refractivity contribution in [2.45, 2.75) is 11.8 Å². The van der Waals surface area contributed by atoms with Crippen LogP contribution >= 0.6 is 34.5 Å². The van der Waals surface area contributed by atoms with Crippen molar-refractivity contribution in [3.8, 4) is 0 Å². The van der Waals surface area contributed by atoms with Crippen LogP contribution in [0, 0.1) is 12.7 Å². The molecule has 0 aliphatic heterocycles. The molecule has 1 aromatic heterocycles. The molecule has 0 spiro atoms. The Morgan fingerprint density at radius 3 is 2.43 bits per heavy atom. The zero-order valence-electron chi connectivity index (χ0n) is 14.2. The third-order valence-electron chi connectivity index (χ3n) is 3.53. The number of carbonyl (C=O) groups is 1. The molecule has 2 aromatic carbocycles. The second kappa shape index (κ2) is 8.04. The highest BCUT2D eigenvalue weighted by molar-refractivity contribution is 7.93. The molecule has 0 saturated heterocycles. The number of amides is 1. The predicted octanol–water partition coefficient (Wildman–Crippen LogP) is 4.95. The number of sulfonamides is 1. The lowest BCUT2D eigenvalue weighted by molar-refractivity contribution is 0.103. The number of hydrogen-bond acceptors (Lipinski definition) is 5. The van der Waals surface area contributed by atoms with E-state index >= 15 is 0 Å². The number of anilines is 2. The third-order valence-corrected chi connectivity index (χ3v) is 6.82. The minimum atomic E-state index is -3.96. The van der Waals surface area contributed by atoms with Gasteiger partial charge in [0.05, 0.1) is 20.6 Å². The second-order valence-corrected chi connectivity index (χ2v) is 9.07. The number of nitrogens with one attached hydrogen (secondary N) is 2. The van der Waals surface area contributed by atoms with E-state index in [1.807, 2.05) is 0 Å². The van der Waals surface area contributed by atoms with Crippen LogP contribution in [0.15, 0.2) is 47.4 Å². The Labute approximate surface area is 174 Å². The molecule has 146 valence electrons. The summed E-state index contributed by atoms with van der Waals surface area (Å²) in [7, 11) is -3.96. The monoisotopic (exact) mass is 459 g/mol. The maximum atomic E-state index is 13.0. The van der Waals surface area contributed by atoms with Gasteiger partial charge in [0.15, 0.2) is 5.13 Å². The second-order valence-electron chi connectivity index (χ2n) is 5.58. The molecule has 0 atom stereocenters. The Balaban J connectivity index is 1.79. The summed E-state index contributed by atoms with van der Waals surface area (Å²) in [6.45, 7) is 1.58. The van der Waals surface area contributed by atoms with Gasteiger partial charge in [-0.2, -0.15) is 0 Å². The Bertz CT molecular complexity index is 1150. The number of nitrogens with zero attached hydrogens (tertiary/aromatic N) is 1. The van der Waals surface area contributed by atoms with Crippen LogP contribution in [0.4, 0.5) is 15.2 Å². The number of aryl methyl sites for hydroxylation is 1. The molecule has 0 fully saturated rings. The van der Waals surface area contributed by atoms with Gasteiger partial charge in [0.1, 0.15) is 10.7 Å². The third kappa shape index (κ3) is 4.61. The number of halogens is 3. The van der Waals surface area contributed by atoms with Crippen molar-refractivity contribution in [3.63, 3.8) is 0 Å². The summed E-state index contributed by atoms with van der Waals surface area (Å²) in [5.74, 6) is -1.02. The molecule has 0 radical (unpaired) electrons. The van der Waals surface area contributed by atoms with Crippen LogP contribution in [-0.2, 0) is 10.0 Å². The molecular weight excluding hydrogens is 448 g/mol. The van der Waals surface area contributed by atoms with Gasteiger partial charge in [-0.1, -0.05) is 34.5 Å². The molecule has 11 heteroatoms. The van der Waals surface area contributed by atoms with E-state index in [0.717, 1.165) is 35.6 Å². The van der Waals surface area contributed by atoms with Gasteiger partial charge in [0.25, 0.3) is 15.9 Å². The first-order chi connectivity index (χ1) is 13.2. The maximum absolute atomic E-state index is 13.0. The maximum Gasteiger partial charge on any atom is 0.267 e. The summed E-state index contributed by atoms with van der Waals surface area (Å²) in [4.78, 5) is 16.7. The van der Waals surface area contributed by atoms with E-state index in [1.54, 1.807) is 19.1 Å². The number of hydrogen-bond donors (Lipinski definition) is 2. The van der Waals surface area contributed by atoms with Gasteiger partial charge in [0.2, 0.25) is 0 Å². The number of aromatic nitrogens is 1. The molecule has 0 saturated carbocycles. The lowest BCUT2D eigenvalue weighted by Gasteiger charge is -2.05. The molecule has 0 aliphatic carbocycles. The van der Waals surface area contributed by atoms with Gasteiger partial charge in [-0.05, 0) is 49.4 Å². The van der Waals surface area contributed by atoms with Crippen LogP contribution < -0.4 is 10.0 Å². The average molecular weight is 460 g/mol. The summed E-state index contributed by atoms with van der Waals surface area (Å²) in [6.07, 6.45) is 0. The van der Waals surface area contributed by atoms with E-state index in [-0.39, 0.29) is 19.9 Å². The van der Waals surface area contributed by atoms with Gasteiger partial charge in [0, 0.05) is 5.69 Å². The first-order valence-corrected chi connectivity index (χ1v) is 10.7.